The maximum Gasteiger partial charge on any atom is 0.419 e. The van der Waals surface area contributed by atoms with Crippen molar-refractivity contribution in [3.63, 3.8) is 0 Å². The number of amides is 1. The van der Waals surface area contributed by atoms with Crippen molar-refractivity contribution >= 4 is 17.7 Å². The summed E-state index contributed by atoms with van der Waals surface area (Å²) in [7, 11) is 0. The number of hydrogen-bond acceptors (Lipinski definition) is 4. The number of halogens is 11. The highest BCUT2D eigenvalue weighted by Gasteiger charge is 2.42. The Balaban J connectivity index is 2.00. The van der Waals surface area contributed by atoms with Crippen LogP contribution in [0.25, 0.3) is 5.83 Å². The van der Waals surface area contributed by atoms with E-state index < -0.39 is 69.8 Å². The van der Waals surface area contributed by atoms with Gasteiger partial charge in [-0.1, -0.05) is 12.1 Å². The van der Waals surface area contributed by atoms with Gasteiger partial charge in [-0.15, -0.1) is 0 Å². The van der Waals surface area contributed by atoms with E-state index in [1.807, 2.05) is 5.43 Å². The minimum Gasteiger partial charge on any atom is -0.267 e. The molecule has 0 saturated heterocycles. The second kappa shape index (κ2) is 10.9. The molecule has 39 heavy (non-hydrogen) atoms. The second-order valence-corrected chi connectivity index (χ2v) is 7.68. The lowest BCUT2D eigenvalue weighted by Crippen LogP contribution is -2.32. The minimum absolute atomic E-state index is 0.0546. The van der Waals surface area contributed by atoms with Gasteiger partial charge in [0.05, 0.1) is 16.7 Å². The third kappa shape index (κ3) is 7.20. The summed E-state index contributed by atoms with van der Waals surface area (Å²) in [6, 6.07) is 2.78. The van der Waals surface area contributed by atoms with E-state index in [0.717, 1.165) is 0 Å². The van der Waals surface area contributed by atoms with Crippen LogP contribution in [0.2, 0.25) is 0 Å². The zero-order chi connectivity index (χ0) is 29.2. The number of aromatic nitrogens is 2. The van der Waals surface area contributed by atoms with Crippen LogP contribution in [0.5, 0.6) is 0 Å². The quantitative estimate of drug-likeness (QED) is 0.246. The molecule has 1 atom stereocenters. The highest BCUT2D eigenvalue weighted by Crippen LogP contribution is 2.42. The van der Waals surface area contributed by atoms with Crippen molar-refractivity contribution in [2.45, 2.75) is 24.4 Å². The molecule has 1 aromatic heterocycles. The van der Waals surface area contributed by atoms with Crippen molar-refractivity contribution < 1.29 is 53.1 Å². The smallest absolute Gasteiger partial charge is 0.267 e. The molecule has 1 heterocycles. The zero-order valence-corrected chi connectivity index (χ0v) is 18.8. The van der Waals surface area contributed by atoms with Gasteiger partial charge < -0.3 is 0 Å². The van der Waals surface area contributed by atoms with Crippen molar-refractivity contribution in [1.29, 1.82) is 0 Å². The number of carbonyl (C=O) groups is 1. The number of nitrogens with zero attached hydrogens (tertiary/aromatic N) is 2. The van der Waals surface area contributed by atoms with Crippen molar-refractivity contribution in [1.82, 2.24) is 15.4 Å². The van der Waals surface area contributed by atoms with Gasteiger partial charge in [-0.05, 0) is 42.0 Å². The van der Waals surface area contributed by atoms with Crippen molar-refractivity contribution in [3.05, 3.63) is 94.6 Å². The van der Waals surface area contributed by atoms with Crippen LogP contribution in [0.15, 0.2) is 60.9 Å². The van der Waals surface area contributed by atoms with Gasteiger partial charge in [-0.2, -0.15) is 39.5 Å². The van der Waals surface area contributed by atoms with Gasteiger partial charge >= 0.3 is 18.5 Å². The normalized spacial score (nSPS) is 13.7. The minimum atomic E-state index is -5.42. The Morgan fingerprint density at radius 3 is 2.03 bits per heavy atom. The first-order valence-corrected chi connectivity index (χ1v) is 10.3. The van der Waals surface area contributed by atoms with Crippen molar-refractivity contribution in [2.75, 3.05) is 5.43 Å². The van der Waals surface area contributed by atoms with Gasteiger partial charge in [0, 0.05) is 18.0 Å². The number of anilines is 1. The molecule has 2 aromatic carbocycles. The molecular weight excluding hydrogens is 557 g/mol. The van der Waals surface area contributed by atoms with E-state index in [1.54, 1.807) is 0 Å². The molecule has 3 aromatic rings. The summed E-state index contributed by atoms with van der Waals surface area (Å²) in [4.78, 5) is 19.6. The Hall–Kier alpha value is -4.24. The van der Waals surface area contributed by atoms with E-state index in [9.17, 15) is 53.1 Å². The SMILES string of the molecule is O=C(NNc1ncccn1)c1ccc(C(F)=CC(c2ccc(F)c(C(F)(F)F)c2)C(F)(F)F)cc1C(F)(F)F. The fraction of sp³-hybridized carbons (Fsp3) is 0.174. The zero-order valence-electron chi connectivity index (χ0n) is 18.8. The summed E-state index contributed by atoms with van der Waals surface area (Å²) < 4.78 is 149. The summed E-state index contributed by atoms with van der Waals surface area (Å²) in [5, 5.41) is 0. The maximum atomic E-state index is 14.9. The van der Waals surface area contributed by atoms with E-state index in [4.69, 9.17) is 0 Å². The topological polar surface area (TPSA) is 66.9 Å². The Morgan fingerprint density at radius 1 is 0.846 bits per heavy atom. The van der Waals surface area contributed by atoms with Gasteiger partial charge in [-0.3, -0.25) is 15.6 Å². The summed E-state index contributed by atoms with van der Waals surface area (Å²) in [5.41, 5.74) is -3.10. The molecule has 0 bridgehead atoms. The largest absolute Gasteiger partial charge is 0.419 e. The molecule has 16 heteroatoms. The highest BCUT2D eigenvalue weighted by molar-refractivity contribution is 5.96. The molecule has 0 radical (unpaired) electrons. The number of allylic oxidation sites excluding steroid dienone is 1. The lowest BCUT2D eigenvalue weighted by atomic mass is 9.94. The Labute approximate surface area is 211 Å². The predicted molar refractivity (Wildman–Crippen MR) is 114 cm³/mol. The highest BCUT2D eigenvalue weighted by atomic mass is 19.4. The Kier molecular flexibility index (Phi) is 8.16. The third-order valence-corrected chi connectivity index (χ3v) is 5.02. The van der Waals surface area contributed by atoms with Crippen LogP contribution < -0.4 is 10.9 Å². The molecule has 1 amide bonds. The molecule has 3 rings (SSSR count). The molecule has 0 aliphatic heterocycles. The lowest BCUT2D eigenvalue weighted by Gasteiger charge is -2.20. The number of rotatable bonds is 6. The van der Waals surface area contributed by atoms with Gasteiger partial charge in [-0.25, -0.2) is 18.7 Å². The van der Waals surface area contributed by atoms with E-state index in [0.29, 0.717) is 18.2 Å². The van der Waals surface area contributed by atoms with Crippen LogP contribution in [-0.2, 0) is 12.4 Å². The first kappa shape index (κ1) is 29.3. The van der Waals surface area contributed by atoms with Crippen LogP contribution in [0.4, 0.5) is 54.2 Å². The molecule has 0 saturated carbocycles. The van der Waals surface area contributed by atoms with Crippen LogP contribution >= 0.6 is 0 Å². The maximum absolute atomic E-state index is 14.9. The third-order valence-electron chi connectivity index (χ3n) is 5.02. The van der Waals surface area contributed by atoms with Gasteiger partial charge in [0.15, 0.2) is 0 Å². The number of carbonyl (C=O) groups excluding carboxylic acids is 1. The molecule has 0 spiro atoms. The summed E-state index contributed by atoms with van der Waals surface area (Å²) in [6.45, 7) is 0. The molecule has 0 aliphatic carbocycles. The average molecular weight is 570 g/mol. The van der Waals surface area contributed by atoms with E-state index >= 15 is 0 Å². The Morgan fingerprint density at radius 2 is 1.46 bits per heavy atom. The molecule has 0 fully saturated rings. The van der Waals surface area contributed by atoms with Crippen LogP contribution in [0, 0.1) is 5.82 Å². The monoisotopic (exact) mass is 570 g/mol. The van der Waals surface area contributed by atoms with Gasteiger partial charge in [0.1, 0.15) is 17.6 Å². The molecule has 0 aliphatic rings. The number of hydrogen-bond donors (Lipinski definition) is 2. The molecule has 5 nitrogen and oxygen atoms in total. The van der Waals surface area contributed by atoms with E-state index in [2.05, 4.69) is 15.4 Å². The summed E-state index contributed by atoms with van der Waals surface area (Å²) >= 11 is 0. The lowest BCUT2D eigenvalue weighted by molar-refractivity contribution is -0.143. The van der Waals surface area contributed by atoms with Gasteiger partial charge in [0.2, 0.25) is 5.95 Å². The number of benzene rings is 2. The average Bonchev–Trinajstić information content (AvgIpc) is 2.84. The molecule has 208 valence electrons. The number of nitrogens with one attached hydrogen (secondary N) is 2. The van der Waals surface area contributed by atoms with Crippen LogP contribution in [0.3, 0.4) is 0 Å². The van der Waals surface area contributed by atoms with Crippen molar-refractivity contribution in [2.24, 2.45) is 0 Å². The van der Waals surface area contributed by atoms with Gasteiger partial charge in [0.25, 0.3) is 5.91 Å². The van der Waals surface area contributed by atoms with Crippen molar-refractivity contribution in [3.8, 4) is 0 Å². The first-order valence-electron chi connectivity index (χ1n) is 10.3. The first-order chi connectivity index (χ1) is 18.0. The number of hydrazine groups is 1. The molecule has 1 unspecified atom stereocenters. The van der Waals surface area contributed by atoms with E-state index in [1.165, 1.54) is 18.5 Å². The molecule has 2 N–H and O–H groups in total. The fourth-order valence-corrected chi connectivity index (χ4v) is 3.24. The fourth-order valence-electron chi connectivity index (χ4n) is 3.24. The molecular formula is C23H13F11N4O. The van der Waals surface area contributed by atoms with Crippen LogP contribution in [-0.4, -0.2) is 22.1 Å². The second-order valence-electron chi connectivity index (χ2n) is 7.68. The Bertz CT molecular complexity index is 1370. The number of alkyl halides is 9. The van der Waals surface area contributed by atoms with Crippen LogP contribution in [0.1, 0.15) is 38.5 Å². The summed E-state index contributed by atoms with van der Waals surface area (Å²) in [6.07, 6.45) is -13.8. The summed E-state index contributed by atoms with van der Waals surface area (Å²) in [5.74, 6) is -8.45. The standard InChI is InChI=1S/C23H13F11N4O/c24-17-5-3-11(8-16(17)23(32,33)34)14(21(26,27)28)10-18(25)12-2-4-13(15(9-12)22(29,30)31)19(39)37-38-20-35-6-1-7-36-20/h1-10,14H,(H,37,39)(H,35,36,38). The van der Waals surface area contributed by atoms with E-state index in [-0.39, 0.29) is 30.2 Å². The predicted octanol–water partition coefficient (Wildman–Crippen LogP) is 7.07.